The first kappa shape index (κ1) is 20.7. The minimum Gasteiger partial charge on any atom is -0.392 e. The van der Waals surface area contributed by atoms with E-state index in [0.29, 0.717) is 18.9 Å². The second-order valence-electron chi connectivity index (χ2n) is 6.22. The molecule has 0 bridgehead atoms. The molecule has 3 N–H and O–H groups in total. The standard InChI is InChI=1S/C17H28NO3P.ClH/c18-12-16(19)11-17(15-9-5-2-6-10-15)22(20)21-13-14-7-3-1-4-8-14;/h1,3-4,7-8,15-17,19,22H,2,5-6,9-13,18H2;1H. The summed E-state index contributed by atoms with van der Waals surface area (Å²) in [6.45, 7) is 0.595. The van der Waals surface area contributed by atoms with Gasteiger partial charge < -0.3 is 15.4 Å². The van der Waals surface area contributed by atoms with Gasteiger partial charge in [0.25, 0.3) is 0 Å². The van der Waals surface area contributed by atoms with Gasteiger partial charge in [0.05, 0.1) is 12.7 Å². The molecule has 1 aromatic rings. The van der Waals surface area contributed by atoms with Crippen LogP contribution in [0.3, 0.4) is 0 Å². The van der Waals surface area contributed by atoms with E-state index in [2.05, 4.69) is 0 Å². The Morgan fingerprint density at radius 3 is 2.48 bits per heavy atom. The van der Waals surface area contributed by atoms with Crippen LogP contribution in [-0.2, 0) is 15.7 Å². The van der Waals surface area contributed by atoms with Crippen molar-refractivity contribution in [3.05, 3.63) is 35.9 Å². The summed E-state index contributed by atoms with van der Waals surface area (Å²) >= 11 is 0. The van der Waals surface area contributed by atoms with Gasteiger partial charge in [0.15, 0.2) is 8.03 Å². The molecule has 0 amide bonds. The lowest BCUT2D eigenvalue weighted by Crippen LogP contribution is -2.29. The monoisotopic (exact) mass is 361 g/mol. The summed E-state index contributed by atoms with van der Waals surface area (Å²) in [5.74, 6) is 0.400. The minimum atomic E-state index is -2.20. The molecule has 0 heterocycles. The number of rotatable bonds is 8. The maximum absolute atomic E-state index is 12.7. The smallest absolute Gasteiger partial charge is 0.195 e. The number of halogens is 1. The van der Waals surface area contributed by atoms with Crippen LogP contribution in [0.4, 0.5) is 0 Å². The van der Waals surface area contributed by atoms with E-state index in [0.717, 1.165) is 18.4 Å². The van der Waals surface area contributed by atoms with Crippen molar-refractivity contribution in [2.45, 2.75) is 56.9 Å². The van der Waals surface area contributed by atoms with Gasteiger partial charge in [-0.25, -0.2) is 0 Å². The summed E-state index contributed by atoms with van der Waals surface area (Å²) in [6, 6.07) is 9.80. The molecule has 6 heteroatoms. The summed E-state index contributed by atoms with van der Waals surface area (Å²) in [5, 5.41) is 9.89. The molecule has 1 saturated carbocycles. The maximum Gasteiger partial charge on any atom is 0.195 e. The fourth-order valence-corrected chi connectivity index (χ4v) is 4.95. The topological polar surface area (TPSA) is 72.5 Å². The van der Waals surface area contributed by atoms with Crippen LogP contribution in [0.1, 0.15) is 44.1 Å². The van der Waals surface area contributed by atoms with E-state index in [1.807, 2.05) is 30.3 Å². The highest BCUT2D eigenvalue weighted by Gasteiger charge is 2.30. The highest BCUT2D eigenvalue weighted by molar-refractivity contribution is 7.40. The van der Waals surface area contributed by atoms with Crippen molar-refractivity contribution in [1.82, 2.24) is 0 Å². The predicted octanol–water partition coefficient (Wildman–Crippen LogP) is 3.76. The molecule has 2 rings (SSSR count). The lowest BCUT2D eigenvalue weighted by Gasteiger charge is -2.30. The molecule has 23 heavy (non-hydrogen) atoms. The van der Waals surface area contributed by atoms with E-state index < -0.39 is 14.1 Å². The van der Waals surface area contributed by atoms with E-state index >= 15 is 0 Å². The van der Waals surface area contributed by atoms with Gasteiger partial charge in [-0.3, -0.25) is 4.57 Å². The maximum atomic E-state index is 12.7. The summed E-state index contributed by atoms with van der Waals surface area (Å²) in [6.07, 6.45) is 5.73. The highest BCUT2D eigenvalue weighted by atomic mass is 35.5. The molecule has 3 unspecified atom stereocenters. The van der Waals surface area contributed by atoms with Gasteiger partial charge in [-0.2, -0.15) is 0 Å². The Labute approximate surface area is 146 Å². The Kier molecular flexibility index (Phi) is 10.1. The quantitative estimate of drug-likeness (QED) is 0.691. The fourth-order valence-electron chi connectivity index (χ4n) is 3.24. The van der Waals surface area contributed by atoms with Crippen LogP contribution in [0.25, 0.3) is 0 Å². The van der Waals surface area contributed by atoms with E-state index in [-0.39, 0.29) is 24.6 Å². The van der Waals surface area contributed by atoms with Crippen LogP contribution in [0.2, 0.25) is 0 Å². The van der Waals surface area contributed by atoms with Crippen molar-refractivity contribution >= 4 is 20.4 Å². The van der Waals surface area contributed by atoms with Crippen LogP contribution in [0, 0.1) is 5.92 Å². The number of aliphatic hydroxyl groups excluding tert-OH is 1. The molecule has 0 spiro atoms. The van der Waals surface area contributed by atoms with Crippen molar-refractivity contribution in [3.63, 3.8) is 0 Å². The summed E-state index contributed by atoms with van der Waals surface area (Å²) in [5.41, 5.74) is 6.52. The molecule has 3 atom stereocenters. The highest BCUT2D eigenvalue weighted by Crippen LogP contribution is 2.43. The third kappa shape index (κ3) is 6.94. The Hall–Kier alpha value is -0.380. The Balaban J connectivity index is 0.00000264. The predicted molar refractivity (Wildman–Crippen MR) is 97.5 cm³/mol. The molecule has 1 aliphatic carbocycles. The number of hydrogen-bond acceptors (Lipinski definition) is 4. The average molecular weight is 362 g/mol. The normalized spacial score (nSPS) is 19.6. The Bertz CT molecular complexity index is 454. The first-order chi connectivity index (χ1) is 10.7. The van der Waals surface area contributed by atoms with Crippen molar-refractivity contribution in [3.8, 4) is 0 Å². The number of nitrogens with two attached hydrogens (primary N) is 1. The Morgan fingerprint density at radius 2 is 1.87 bits per heavy atom. The largest absolute Gasteiger partial charge is 0.392 e. The summed E-state index contributed by atoms with van der Waals surface area (Å²) < 4.78 is 18.4. The Morgan fingerprint density at radius 1 is 1.22 bits per heavy atom. The third-order valence-electron chi connectivity index (χ3n) is 4.54. The summed E-state index contributed by atoms with van der Waals surface area (Å²) in [4.78, 5) is 0. The molecule has 1 fully saturated rings. The van der Waals surface area contributed by atoms with Gasteiger partial charge >= 0.3 is 0 Å². The zero-order valence-corrected chi connectivity index (χ0v) is 15.3. The number of aliphatic hydroxyl groups is 1. The molecular formula is C17H29ClNO3P. The van der Waals surface area contributed by atoms with Gasteiger partial charge in [-0.05, 0) is 30.7 Å². The fraction of sp³-hybridized carbons (Fsp3) is 0.647. The second-order valence-corrected chi connectivity index (χ2v) is 7.89. The van der Waals surface area contributed by atoms with Gasteiger partial charge in [-0.1, -0.05) is 49.6 Å². The summed E-state index contributed by atoms with van der Waals surface area (Å²) in [7, 11) is -2.20. The lowest BCUT2D eigenvalue weighted by atomic mass is 9.85. The van der Waals surface area contributed by atoms with Gasteiger partial charge in [0.1, 0.15) is 0 Å². The molecule has 4 nitrogen and oxygen atoms in total. The zero-order chi connectivity index (χ0) is 15.8. The zero-order valence-electron chi connectivity index (χ0n) is 13.5. The van der Waals surface area contributed by atoms with E-state index in [1.165, 1.54) is 19.3 Å². The minimum absolute atomic E-state index is 0. The first-order valence-corrected chi connectivity index (χ1v) is 9.68. The van der Waals surface area contributed by atoms with E-state index in [9.17, 15) is 9.67 Å². The van der Waals surface area contributed by atoms with Crippen LogP contribution in [-0.4, -0.2) is 23.4 Å². The number of hydrogen-bond donors (Lipinski definition) is 2. The molecule has 0 aliphatic heterocycles. The molecule has 1 aliphatic rings. The number of benzene rings is 1. The first-order valence-electron chi connectivity index (χ1n) is 8.29. The SMILES string of the molecule is Cl.NCC(O)CC(C1CCCCC1)[PH](=O)OCc1ccccc1. The van der Waals surface area contributed by atoms with Gasteiger partial charge in [0, 0.05) is 12.2 Å². The molecule has 1 aromatic carbocycles. The van der Waals surface area contributed by atoms with E-state index in [1.54, 1.807) is 0 Å². The van der Waals surface area contributed by atoms with Crippen LogP contribution < -0.4 is 5.73 Å². The molecule has 132 valence electrons. The second kappa shape index (κ2) is 11.2. The molecule has 0 aromatic heterocycles. The van der Waals surface area contributed by atoms with Gasteiger partial charge in [0.2, 0.25) is 0 Å². The van der Waals surface area contributed by atoms with Crippen LogP contribution >= 0.6 is 20.4 Å². The third-order valence-corrected chi connectivity index (χ3v) is 6.29. The lowest BCUT2D eigenvalue weighted by molar-refractivity contribution is 0.154. The van der Waals surface area contributed by atoms with Gasteiger partial charge in [-0.15, -0.1) is 12.4 Å². The van der Waals surface area contributed by atoms with Crippen molar-refractivity contribution < 1.29 is 14.2 Å². The van der Waals surface area contributed by atoms with Crippen LogP contribution in [0.5, 0.6) is 0 Å². The van der Waals surface area contributed by atoms with E-state index in [4.69, 9.17) is 10.3 Å². The van der Waals surface area contributed by atoms with Crippen molar-refractivity contribution in [2.24, 2.45) is 11.7 Å². The average Bonchev–Trinajstić information content (AvgIpc) is 2.59. The molecule has 0 saturated heterocycles. The van der Waals surface area contributed by atoms with Crippen molar-refractivity contribution in [2.75, 3.05) is 6.54 Å². The van der Waals surface area contributed by atoms with Crippen molar-refractivity contribution in [1.29, 1.82) is 0 Å². The molecular weight excluding hydrogens is 333 g/mol. The molecule has 0 radical (unpaired) electrons. The van der Waals surface area contributed by atoms with Crippen LogP contribution in [0.15, 0.2) is 30.3 Å².